The second kappa shape index (κ2) is 22.1. The SMILES string of the molecule is CCn1c(-c2cc(N3CCN(C4CC4)CC3)cnc2[C@H](C)OC)c2c3cc(ccc31)N1CCO[C@H](C1)[C@@H]1[C@H](NC(=O)[C@@H]3C(C4CCCCN3CN(CC(F)F)C4)[N+]13CCOCC3)C(=O)N1CCC[C@H](N1)C(=O)OCC(C)(C)C2. The molecule has 8 fully saturated rings. The summed E-state index contributed by atoms with van der Waals surface area (Å²) in [6.07, 6.45) is 5.43. The van der Waals surface area contributed by atoms with Gasteiger partial charge in [-0.05, 0) is 88.6 Å². The van der Waals surface area contributed by atoms with Crippen LogP contribution in [0.4, 0.5) is 20.2 Å². The number of amides is 2. The van der Waals surface area contributed by atoms with E-state index in [9.17, 15) is 13.6 Å². The van der Waals surface area contributed by atoms with E-state index in [-0.39, 0.29) is 49.7 Å². The molecule has 12 rings (SSSR count). The highest BCUT2D eigenvalue weighted by Gasteiger charge is 2.65. The molecule has 8 aliphatic heterocycles. The second-order valence-corrected chi connectivity index (χ2v) is 24.9. The third-order valence-electron chi connectivity index (χ3n) is 19.4. The van der Waals surface area contributed by atoms with Crippen molar-refractivity contribution in [2.75, 3.05) is 129 Å². The number of hydrogen-bond donors (Lipinski definition) is 2. The Morgan fingerprint density at radius 2 is 1.69 bits per heavy atom. The summed E-state index contributed by atoms with van der Waals surface area (Å²) in [6.45, 7) is 17.9. The van der Waals surface area contributed by atoms with Gasteiger partial charge in [0.05, 0.1) is 75.6 Å². The van der Waals surface area contributed by atoms with E-state index in [4.69, 9.17) is 23.9 Å². The van der Waals surface area contributed by atoms with Gasteiger partial charge in [0.2, 0.25) is 5.91 Å². The zero-order chi connectivity index (χ0) is 54.0. The summed E-state index contributed by atoms with van der Waals surface area (Å²) in [5.74, 6) is -1.10. The number of aryl methyl sites for hydroxylation is 1. The molecular weight excluding hydrogens is 1000 g/mol. The van der Waals surface area contributed by atoms with Gasteiger partial charge < -0.3 is 43.1 Å². The molecule has 7 saturated heterocycles. The summed E-state index contributed by atoms with van der Waals surface area (Å²) < 4.78 is 57.3. The van der Waals surface area contributed by atoms with Crippen LogP contribution >= 0.6 is 0 Å². The van der Waals surface area contributed by atoms with Gasteiger partial charge in [-0.3, -0.25) is 39.1 Å². The fraction of sp³-hybridized carbons (Fsp3) is 0.724. The molecule has 1 spiro atoms. The Morgan fingerprint density at radius 3 is 2.45 bits per heavy atom. The van der Waals surface area contributed by atoms with Gasteiger partial charge in [-0.1, -0.05) is 20.3 Å². The molecule has 20 heteroatoms. The lowest BCUT2D eigenvalue weighted by molar-refractivity contribution is -0.986. The monoisotopic (exact) mass is 1080 g/mol. The topological polar surface area (TPSA) is 149 Å². The van der Waals surface area contributed by atoms with Gasteiger partial charge >= 0.3 is 5.97 Å². The first-order valence-electron chi connectivity index (χ1n) is 29.5. The molecule has 9 atom stereocenters. The highest BCUT2D eigenvalue weighted by atomic mass is 19.3. The molecule has 2 amide bonds. The normalized spacial score (nSPS) is 31.6. The zero-order valence-corrected chi connectivity index (χ0v) is 46.7. The van der Waals surface area contributed by atoms with Crippen molar-refractivity contribution in [3.8, 4) is 11.3 Å². The number of nitrogens with one attached hydrogen (secondary N) is 2. The van der Waals surface area contributed by atoms with E-state index in [1.165, 1.54) is 12.8 Å². The lowest BCUT2D eigenvalue weighted by Crippen LogP contribution is -2.78. The van der Waals surface area contributed by atoms with Crippen molar-refractivity contribution in [1.82, 2.24) is 40.0 Å². The van der Waals surface area contributed by atoms with Crippen LogP contribution in [0.1, 0.15) is 90.0 Å². The molecule has 3 aromatic rings. The minimum absolute atomic E-state index is 0.112. The number of morpholine rings is 2. The van der Waals surface area contributed by atoms with E-state index < -0.39 is 48.1 Å². The summed E-state index contributed by atoms with van der Waals surface area (Å²) in [5, 5.41) is 6.06. The number of anilines is 2. The number of cyclic esters (lactones) is 1. The molecule has 10 heterocycles. The largest absolute Gasteiger partial charge is 0.464 e. The van der Waals surface area contributed by atoms with E-state index in [1.54, 1.807) is 12.1 Å². The number of carbonyl (C=O) groups is 3. The van der Waals surface area contributed by atoms with Crippen molar-refractivity contribution >= 4 is 40.1 Å². The number of nitrogens with zero attached hydrogens (tertiary/aromatic N) is 9. The van der Waals surface area contributed by atoms with Crippen molar-refractivity contribution < 1.29 is 46.6 Å². The minimum Gasteiger partial charge on any atom is -0.464 e. The molecular formula is C58H84F2N11O7+. The van der Waals surface area contributed by atoms with Gasteiger partial charge in [0.15, 0.2) is 6.04 Å². The number of halogens is 2. The first-order chi connectivity index (χ1) is 37.7. The number of ether oxygens (including phenoxy) is 4. The highest BCUT2D eigenvalue weighted by Crippen LogP contribution is 2.46. The molecule has 1 saturated carbocycles. The number of rotatable bonds is 8. The fourth-order valence-electron chi connectivity index (χ4n) is 15.5. The average Bonchev–Trinajstić information content (AvgIpc) is 4.46. The second-order valence-electron chi connectivity index (χ2n) is 24.9. The molecule has 2 N–H and O–H groups in total. The average molecular weight is 1090 g/mol. The van der Waals surface area contributed by atoms with Crippen molar-refractivity contribution in [2.45, 2.75) is 140 Å². The van der Waals surface area contributed by atoms with Crippen molar-refractivity contribution in [3.05, 3.63) is 41.7 Å². The molecule has 78 heavy (non-hydrogen) atoms. The lowest BCUT2D eigenvalue weighted by Gasteiger charge is -2.57. The predicted molar refractivity (Wildman–Crippen MR) is 292 cm³/mol. The summed E-state index contributed by atoms with van der Waals surface area (Å²) >= 11 is 0. The maximum atomic E-state index is 15.8. The van der Waals surface area contributed by atoms with Gasteiger partial charge in [-0.15, -0.1) is 0 Å². The Hall–Kier alpha value is -4.54. The number of fused-ring (bicyclic) bond motifs is 9. The van der Waals surface area contributed by atoms with Crippen LogP contribution in [0, 0.1) is 11.3 Å². The van der Waals surface area contributed by atoms with Crippen LogP contribution in [-0.2, 0) is 46.3 Å². The number of hydrazine groups is 1. The molecule has 3 unspecified atom stereocenters. The Kier molecular flexibility index (Phi) is 15.3. The maximum absolute atomic E-state index is 15.8. The number of aromatic nitrogens is 2. The first kappa shape index (κ1) is 54.1. The number of esters is 1. The van der Waals surface area contributed by atoms with Gasteiger partial charge in [0.25, 0.3) is 12.3 Å². The van der Waals surface area contributed by atoms with Crippen molar-refractivity contribution in [2.24, 2.45) is 11.3 Å². The van der Waals surface area contributed by atoms with Gasteiger partial charge in [-0.25, -0.2) is 14.2 Å². The number of methoxy groups -OCH3 is 1. The molecule has 1 aliphatic carbocycles. The molecule has 8 bridgehead atoms. The lowest BCUT2D eigenvalue weighted by atomic mass is 9.81. The van der Waals surface area contributed by atoms with Crippen LogP contribution in [0.5, 0.6) is 0 Å². The Bertz CT molecular complexity index is 2690. The van der Waals surface area contributed by atoms with Crippen molar-refractivity contribution in [1.29, 1.82) is 0 Å². The van der Waals surface area contributed by atoms with Gasteiger partial charge in [-0.2, -0.15) is 0 Å². The third-order valence-corrected chi connectivity index (χ3v) is 19.4. The molecule has 1 aromatic carbocycles. The molecule has 426 valence electrons. The van der Waals surface area contributed by atoms with Crippen LogP contribution in [0.15, 0.2) is 30.5 Å². The predicted octanol–water partition coefficient (Wildman–Crippen LogP) is 4.63. The standard InChI is InChI=1S/C58H83F2N11O7/c1-6-69-46-15-14-40-28-42(46)44(51(69)43-29-41(31-61-49(43)37(2)75-5)66-20-18-65(19-21-66)39-12-13-39)30-58(3,4)35-78-57(74)45-11-9-17-70(63-45)56(73)50-54(47-33-67(40)22-25-77-47)71(23-26-76-27-24-71)53-38-10-7-8-16-68(52(53)55(72)62-50)36-64(32-38)34-48(59)60/h14-15,28-29,31,37-39,45,47-48,50,52-54,63H,6-13,16-27,30,32-36H2,1-5H3/p+1/t37-,38?,45-,47+,50-,52-,53?,54+/m0/s1. The number of alkyl halides is 2. The molecule has 0 radical (unpaired) electrons. The summed E-state index contributed by atoms with van der Waals surface area (Å²) in [5.41, 5.74) is 10.2. The summed E-state index contributed by atoms with van der Waals surface area (Å²) in [4.78, 5) is 62.5. The van der Waals surface area contributed by atoms with Crippen molar-refractivity contribution in [3.63, 3.8) is 0 Å². The van der Waals surface area contributed by atoms with Crippen LogP contribution in [0.25, 0.3) is 22.2 Å². The van der Waals surface area contributed by atoms with Crippen LogP contribution < -0.4 is 20.5 Å². The number of pyridine rings is 1. The number of hydrogen-bond acceptors (Lipinski definition) is 14. The molecule has 9 aliphatic rings. The van der Waals surface area contributed by atoms with Crippen LogP contribution in [0.2, 0.25) is 0 Å². The minimum atomic E-state index is -2.52. The van der Waals surface area contributed by atoms with Crippen LogP contribution in [0.3, 0.4) is 0 Å². The van der Waals surface area contributed by atoms with E-state index >= 15 is 9.59 Å². The highest BCUT2D eigenvalue weighted by molar-refractivity contribution is 5.95. The Balaban J connectivity index is 1.00. The Morgan fingerprint density at radius 1 is 0.885 bits per heavy atom. The maximum Gasteiger partial charge on any atom is 0.324 e. The zero-order valence-electron chi connectivity index (χ0n) is 46.7. The number of benzene rings is 1. The number of carbonyl (C=O) groups excluding carboxylic acids is 3. The summed E-state index contributed by atoms with van der Waals surface area (Å²) in [7, 11) is 1.74. The number of piperazine rings is 1. The fourth-order valence-corrected chi connectivity index (χ4v) is 15.5. The quantitative estimate of drug-likeness (QED) is 0.239. The first-order valence-corrected chi connectivity index (χ1v) is 29.5. The van der Waals surface area contributed by atoms with Gasteiger partial charge in [0, 0.05) is 106 Å². The molecule has 18 nitrogen and oxygen atoms in total. The van der Waals surface area contributed by atoms with Gasteiger partial charge in [0.1, 0.15) is 43.4 Å². The molecule has 2 aromatic heterocycles. The summed E-state index contributed by atoms with van der Waals surface area (Å²) in [6, 6.07) is 6.44. The number of quaternary nitrogens is 1. The Labute approximate surface area is 458 Å². The van der Waals surface area contributed by atoms with E-state index in [1.807, 2.05) is 11.1 Å². The van der Waals surface area contributed by atoms with E-state index in [2.05, 4.69) is 86.9 Å². The van der Waals surface area contributed by atoms with E-state index in [0.29, 0.717) is 95.9 Å². The smallest absolute Gasteiger partial charge is 0.324 e. The van der Waals surface area contributed by atoms with E-state index in [0.717, 1.165) is 96.3 Å². The van der Waals surface area contributed by atoms with Crippen LogP contribution in [-0.4, -0.2) is 219 Å². The third kappa shape index (κ3) is 10.2.